The number of aryl methyl sites for hydroxylation is 9. The topological polar surface area (TPSA) is 66.4 Å². The van der Waals surface area contributed by atoms with Gasteiger partial charge in [0.25, 0.3) is 0 Å². The Morgan fingerprint density at radius 3 is 0.771 bits per heavy atom. The summed E-state index contributed by atoms with van der Waals surface area (Å²) in [5, 5.41) is 7.06. The summed E-state index contributed by atoms with van der Waals surface area (Å²) in [7, 11) is -1.16. The zero-order valence-electron chi connectivity index (χ0n) is 45.4. The van der Waals surface area contributed by atoms with Gasteiger partial charge in [0.1, 0.15) is 17.2 Å². The second kappa shape index (κ2) is 29.0. The maximum absolute atomic E-state index is 7.73. The summed E-state index contributed by atoms with van der Waals surface area (Å²) in [6.07, 6.45) is 27.6. The average Bonchev–Trinajstić information content (AvgIpc) is 3.38. The highest BCUT2D eigenvalue weighted by Crippen LogP contribution is 2.42. The van der Waals surface area contributed by atoms with Gasteiger partial charge in [0.15, 0.2) is 0 Å². The SMILES string of the molecule is CCCCc1nc(CCCC)c2cccc(CCCC)c2c1OB(Oc1c(CCCC)nc(CCCC)c2cccc(CCCC)c12)Oc1c(CCCC)nc(CCCC)c2cccc(CCCC)c12. The highest BCUT2D eigenvalue weighted by Gasteiger charge is 2.37. The van der Waals surface area contributed by atoms with Gasteiger partial charge < -0.3 is 14.0 Å². The van der Waals surface area contributed by atoms with E-state index in [9.17, 15) is 0 Å². The van der Waals surface area contributed by atoms with Crippen molar-refractivity contribution in [2.75, 3.05) is 0 Å². The van der Waals surface area contributed by atoms with Gasteiger partial charge in [-0.3, -0.25) is 15.0 Å². The van der Waals surface area contributed by atoms with Gasteiger partial charge in [-0.15, -0.1) is 0 Å². The molecule has 0 radical (unpaired) electrons. The zero-order valence-corrected chi connectivity index (χ0v) is 45.4. The molecule has 0 N–H and O–H groups in total. The van der Waals surface area contributed by atoms with Crippen LogP contribution in [-0.4, -0.2) is 22.3 Å². The molecule has 0 aliphatic carbocycles. The van der Waals surface area contributed by atoms with E-state index >= 15 is 0 Å². The lowest BCUT2D eigenvalue weighted by atomic mass is 9.94. The number of hydrogen-bond acceptors (Lipinski definition) is 6. The van der Waals surface area contributed by atoms with Crippen molar-refractivity contribution in [1.82, 2.24) is 15.0 Å². The van der Waals surface area contributed by atoms with Crippen molar-refractivity contribution in [2.45, 2.75) is 236 Å². The number of hydrogen-bond donors (Lipinski definition) is 0. The third-order valence-electron chi connectivity index (χ3n) is 14.3. The number of rotatable bonds is 33. The van der Waals surface area contributed by atoms with Crippen LogP contribution >= 0.6 is 0 Å². The van der Waals surface area contributed by atoms with Crippen molar-refractivity contribution >= 4 is 39.6 Å². The maximum atomic E-state index is 7.73. The van der Waals surface area contributed by atoms with Crippen molar-refractivity contribution in [1.29, 1.82) is 0 Å². The summed E-state index contributed by atoms with van der Waals surface area (Å²) in [5.41, 5.74) is 10.4. The van der Waals surface area contributed by atoms with Gasteiger partial charge in [0.05, 0.1) is 17.1 Å². The molecule has 0 fully saturated rings. The molecule has 3 aromatic carbocycles. The molecule has 0 aliphatic heterocycles. The maximum Gasteiger partial charge on any atom is 0.864 e. The first-order valence-corrected chi connectivity index (χ1v) is 28.7. The van der Waals surface area contributed by atoms with Crippen LogP contribution in [0.2, 0.25) is 0 Å². The molecule has 0 bridgehead atoms. The smallest absolute Gasteiger partial charge is 0.487 e. The van der Waals surface area contributed by atoms with E-state index in [1.807, 2.05) is 0 Å². The lowest BCUT2D eigenvalue weighted by molar-refractivity contribution is 0.305. The van der Waals surface area contributed by atoms with Gasteiger partial charge in [-0.05, 0) is 132 Å². The summed E-state index contributed by atoms with van der Waals surface area (Å²) in [6.45, 7) is 20.5. The lowest BCUT2D eigenvalue weighted by Crippen LogP contribution is -2.38. The Morgan fingerprint density at radius 2 is 0.529 bits per heavy atom. The van der Waals surface area contributed by atoms with Crippen LogP contribution in [0.1, 0.15) is 229 Å². The fourth-order valence-corrected chi connectivity index (χ4v) is 10.2. The Labute approximate surface area is 425 Å². The van der Waals surface area contributed by atoms with Crippen LogP contribution in [0, 0.1) is 0 Å². The number of nitrogens with zero attached hydrogens (tertiary/aromatic N) is 3. The third-order valence-corrected chi connectivity index (χ3v) is 14.3. The van der Waals surface area contributed by atoms with Crippen molar-refractivity contribution < 1.29 is 14.0 Å². The molecular formula is C63H90BN3O3. The molecule has 0 spiro atoms. The van der Waals surface area contributed by atoms with Crippen molar-refractivity contribution in [3.8, 4) is 17.2 Å². The molecule has 0 unspecified atom stereocenters. The Morgan fingerprint density at radius 1 is 0.300 bits per heavy atom. The Bertz CT molecular complexity index is 2270. The molecule has 0 saturated carbocycles. The van der Waals surface area contributed by atoms with Gasteiger partial charge in [-0.1, -0.05) is 175 Å². The highest BCUT2D eigenvalue weighted by atomic mass is 16.7. The summed E-state index contributed by atoms with van der Waals surface area (Å²) >= 11 is 0. The number of pyridine rings is 3. The minimum absolute atomic E-state index is 0.802. The predicted octanol–water partition coefficient (Wildman–Crippen LogP) is 17.9. The van der Waals surface area contributed by atoms with Gasteiger partial charge in [0.2, 0.25) is 0 Å². The molecule has 0 saturated heterocycles. The second-order valence-electron chi connectivity index (χ2n) is 20.1. The average molecular weight is 948 g/mol. The first-order chi connectivity index (χ1) is 34.4. The molecule has 0 aliphatic rings. The first-order valence-electron chi connectivity index (χ1n) is 28.7. The van der Waals surface area contributed by atoms with Crippen LogP contribution in [0.4, 0.5) is 0 Å². The van der Waals surface area contributed by atoms with Crippen molar-refractivity contribution in [2.24, 2.45) is 0 Å². The van der Waals surface area contributed by atoms with Crippen LogP contribution in [-0.2, 0) is 57.8 Å². The van der Waals surface area contributed by atoms with Crippen LogP contribution in [0.25, 0.3) is 32.3 Å². The molecule has 0 amide bonds. The van der Waals surface area contributed by atoms with E-state index in [0.717, 1.165) is 208 Å². The van der Waals surface area contributed by atoms with Crippen molar-refractivity contribution in [3.63, 3.8) is 0 Å². The quantitative estimate of drug-likeness (QED) is 0.0383. The standard InChI is InChI=1S/C63H90BN3O3/c1-10-19-31-46-34-28-37-49-52(40-22-13-4)65-55(43-25-16-7)61(58(46)49)68-64(69-62-56(44-26-17-8)66-53(41-23-14-5)50-38-29-35-47(59(50)62)32-20-11-2)70-63-57(45-27-18-9)67-54(42-24-15-6)51-39-30-36-48(60(51)63)33-21-12-3/h28-30,34-39H,10-27,31-33,40-45H2,1-9H3. The molecule has 378 valence electrons. The summed E-state index contributed by atoms with van der Waals surface area (Å²) < 4.78 is 23.2. The van der Waals surface area contributed by atoms with Gasteiger partial charge in [-0.2, -0.15) is 0 Å². The van der Waals surface area contributed by atoms with E-state index < -0.39 is 7.32 Å². The molecule has 6 nitrogen and oxygen atoms in total. The van der Waals surface area contributed by atoms with E-state index in [-0.39, 0.29) is 0 Å². The lowest BCUT2D eigenvalue weighted by Gasteiger charge is -2.26. The molecule has 6 rings (SSSR count). The van der Waals surface area contributed by atoms with E-state index in [2.05, 4.69) is 117 Å². The highest BCUT2D eigenvalue weighted by molar-refractivity contribution is 6.40. The Kier molecular flexibility index (Phi) is 22.7. The van der Waals surface area contributed by atoms with Gasteiger partial charge in [-0.25, -0.2) is 0 Å². The van der Waals surface area contributed by atoms with Crippen LogP contribution in [0.3, 0.4) is 0 Å². The van der Waals surface area contributed by atoms with Gasteiger partial charge >= 0.3 is 7.32 Å². The first kappa shape index (κ1) is 54.7. The minimum Gasteiger partial charge on any atom is -0.487 e. The second-order valence-corrected chi connectivity index (χ2v) is 20.1. The largest absolute Gasteiger partial charge is 0.864 e. The van der Waals surface area contributed by atoms with Crippen LogP contribution in [0.15, 0.2) is 54.6 Å². The molecule has 3 heterocycles. The van der Waals surface area contributed by atoms with Crippen LogP contribution in [0.5, 0.6) is 17.2 Å². The summed E-state index contributed by atoms with van der Waals surface area (Å²) in [6, 6.07) is 20.5. The number of unbranched alkanes of at least 4 members (excludes halogenated alkanes) is 9. The number of fused-ring (bicyclic) bond motifs is 3. The fourth-order valence-electron chi connectivity index (χ4n) is 10.2. The molecule has 70 heavy (non-hydrogen) atoms. The summed E-state index contributed by atoms with van der Waals surface area (Å²) in [4.78, 5) is 16.8. The minimum atomic E-state index is -1.16. The molecule has 3 aromatic heterocycles. The normalized spacial score (nSPS) is 11.6. The monoisotopic (exact) mass is 948 g/mol. The van der Waals surface area contributed by atoms with E-state index in [0.29, 0.717) is 0 Å². The van der Waals surface area contributed by atoms with Crippen LogP contribution < -0.4 is 14.0 Å². The fraction of sp³-hybridized carbons (Fsp3) is 0.571. The zero-order chi connectivity index (χ0) is 49.7. The van der Waals surface area contributed by atoms with E-state index in [4.69, 9.17) is 28.9 Å². The predicted molar refractivity (Wildman–Crippen MR) is 300 cm³/mol. The van der Waals surface area contributed by atoms with E-state index in [1.165, 1.54) is 66.1 Å². The summed E-state index contributed by atoms with van der Waals surface area (Å²) in [5.74, 6) is 2.41. The third kappa shape index (κ3) is 13.9. The molecular weight excluding hydrogens is 858 g/mol. The Hall–Kier alpha value is -4.65. The molecule has 6 aromatic rings. The van der Waals surface area contributed by atoms with E-state index in [1.54, 1.807) is 0 Å². The molecule has 7 heteroatoms. The Balaban J connectivity index is 1.72. The number of aromatic nitrogens is 3. The molecule has 0 atom stereocenters. The van der Waals surface area contributed by atoms with Crippen molar-refractivity contribution in [3.05, 3.63) is 105 Å². The van der Waals surface area contributed by atoms with Gasteiger partial charge in [0, 0.05) is 49.4 Å². The number of benzene rings is 3.